The first-order chi connectivity index (χ1) is 14.7. The maximum atomic E-state index is 5.99. The van der Waals surface area contributed by atoms with Crippen LogP contribution < -0.4 is 14.4 Å². The summed E-state index contributed by atoms with van der Waals surface area (Å²) >= 11 is 1.72. The van der Waals surface area contributed by atoms with Crippen LogP contribution in [0.25, 0.3) is 11.5 Å². The predicted molar refractivity (Wildman–Crippen MR) is 116 cm³/mol. The smallest absolute Gasteiger partial charge is 0.247 e. The normalized spacial score (nSPS) is 12.7. The lowest BCUT2D eigenvalue weighted by molar-refractivity contribution is 0.171. The Labute approximate surface area is 178 Å². The van der Waals surface area contributed by atoms with E-state index < -0.39 is 0 Å². The summed E-state index contributed by atoms with van der Waals surface area (Å²) in [6.07, 6.45) is 0. The molecule has 0 amide bonds. The molecule has 0 aliphatic carbocycles. The zero-order chi connectivity index (χ0) is 20.3. The molecule has 0 fully saturated rings. The second kappa shape index (κ2) is 8.20. The average molecular weight is 420 g/mol. The molecule has 1 aliphatic rings. The molecule has 0 spiro atoms. The number of aromatic nitrogens is 2. The third-order valence-corrected chi connectivity index (χ3v) is 5.74. The van der Waals surface area contributed by atoms with Gasteiger partial charge in [-0.3, -0.25) is 0 Å². The Morgan fingerprint density at radius 2 is 1.83 bits per heavy atom. The quantitative estimate of drug-likeness (QED) is 0.434. The standard InChI is InChI=1S/C23H21N3O3S/c1-16-4-2-5-17(12-16)23-25-24-22(29-23)15-26(14-19-6-3-11-30-19)18-7-8-20-21(13-18)28-10-9-27-20/h2-8,11-13H,9-10,14-15H2,1H3. The van der Waals surface area contributed by atoms with Crippen LogP contribution in [0, 0.1) is 6.92 Å². The van der Waals surface area contributed by atoms with Crippen LogP contribution in [0.2, 0.25) is 0 Å². The summed E-state index contributed by atoms with van der Waals surface area (Å²) in [5, 5.41) is 10.6. The van der Waals surface area contributed by atoms with E-state index in [4.69, 9.17) is 13.9 Å². The monoisotopic (exact) mass is 419 g/mol. The Balaban J connectivity index is 1.43. The maximum Gasteiger partial charge on any atom is 0.247 e. The molecule has 4 aromatic rings. The van der Waals surface area contributed by atoms with Crippen molar-refractivity contribution in [2.45, 2.75) is 20.0 Å². The minimum absolute atomic E-state index is 0.496. The lowest BCUT2D eigenvalue weighted by Crippen LogP contribution is -2.22. The van der Waals surface area contributed by atoms with Gasteiger partial charge in [0.2, 0.25) is 11.8 Å². The molecule has 0 bridgehead atoms. The molecule has 1 aliphatic heterocycles. The van der Waals surface area contributed by atoms with E-state index in [9.17, 15) is 0 Å². The molecule has 0 radical (unpaired) electrons. The van der Waals surface area contributed by atoms with Crippen molar-refractivity contribution in [2.24, 2.45) is 0 Å². The highest BCUT2D eigenvalue weighted by Gasteiger charge is 2.18. The van der Waals surface area contributed by atoms with Crippen molar-refractivity contribution in [3.05, 3.63) is 76.3 Å². The molecular weight excluding hydrogens is 398 g/mol. The lowest BCUT2D eigenvalue weighted by atomic mass is 10.1. The maximum absolute atomic E-state index is 5.99. The molecule has 0 saturated heterocycles. The highest BCUT2D eigenvalue weighted by Crippen LogP contribution is 2.35. The van der Waals surface area contributed by atoms with Gasteiger partial charge in [-0.05, 0) is 42.6 Å². The van der Waals surface area contributed by atoms with Crippen molar-refractivity contribution in [1.82, 2.24) is 10.2 Å². The molecule has 152 valence electrons. The van der Waals surface area contributed by atoms with Crippen molar-refractivity contribution in [2.75, 3.05) is 18.1 Å². The fraction of sp³-hybridized carbons (Fsp3) is 0.217. The van der Waals surface area contributed by atoms with Gasteiger partial charge in [0.15, 0.2) is 11.5 Å². The van der Waals surface area contributed by atoms with E-state index in [1.165, 1.54) is 4.88 Å². The van der Waals surface area contributed by atoms with Gasteiger partial charge in [0.25, 0.3) is 0 Å². The Kier molecular flexibility index (Phi) is 5.11. The number of hydrogen-bond donors (Lipinski definition) is 0. The van der Waals surface area contributed by atoms with E-state index >= 15 is 0 Å². The molecule has 0 atom stereocenters. The van der Waals surface area contributed by atoms with Crippen LogP contribution in [0.4, 0.5) is 5.69 Å². The molecule has 7 heteroatoms. The third kappa shape index (κ3) is 4.02. The van der Waals surface area contributed by atoms with Crippen molar-refractivity contribution in [3.8, 4) is 23.0 Å². The van der Waals surface area contributed by atoms with Gasteiger partial charge in [-0.25, -0.2) is 0 Å². The molecule has 0 unspecified atom stereocenters. The number of thiophene rings is 1. The largest absolute Gasteiger partial charge is 0.486 e. The average Bonchev–Trinajstić information content (AvgIpc) is 3.45. The zero-order valence-electron chi connectivity index (χ0n) is 16.6. The summed E-state index contributed by atoms with van der Waals surface area (Å²) in [5.74, 6) is 2.64. The van der Waals surface area contributed by atoms with Gasteiger partial charge in [-0.15, -0.1) is 21.5 Å². The number of aryl methyl sites for hydroxylation is 1. The van der Waals surface area contributed by atoms with E-state index in [1.54, 1.807) is 11.3 Å². The van der Waals surface area contributed by atoms with Gasteiger partial charge in [0.1, 0.15) is 13.2 Å². The first kappa shape index (κ1) is 18.7. The SMILES string of the molecule is Cc1cccc(-c2nnc(CN(Cc3cccs3)c3ccc4c(c3)OCCO4)o2)c1. The number of benzene rings is 2. The highest BCUT2D eigenvalue weighted by atomic mass is 32.1. The Bertz CT molecular complexity index is 1140. The molecule has 3 heterocycles. The summed E-state index contributed by atoms with van der Waals surface area (Å²) in [6.45, 7) is 4.42. The van der Waals surface area contributed by atoms with Crippen LogP contribution in [-0.2, 0) is 13.1 Å². The highest BCUT2D eigenvalue weighted by molar-refractivity contribution is 7.09. The van der Waals surface area contributed by atoms with E-state index in [0.717, 1.165) is 34.9 Å². The van der Waals surface area contributed by atoms with E-state index in [1.807, 2.05) is 49.4 Å². The molecule has 5 rings (SSSR count). The fourth-order valence-corrected chi connectivity index (χ4v) is 4.15. The molecule has 2 aromatic heterocycles. The van der Waals surface area contributed by atoms with Crippen molar-refractivity contribution >= 4 is 17.0 Å². The Hall–Kier alpha value is -3.32. The minimum Gasteiger partial charge on any atom is -0.486 e. The molecule has 0 saturated carbocycles. The Morgan fingerprint density at radius 1 is 0.933 bits per heavy atom. The predicted octanol–water partition coefficient (Wildman–Crippen LogP) is 5.08. The van der Waals surface area contributed by atoms with Crippen molar-refractivity contribution < 1.29 is 13.9 Å². The molecule has 2 aromatic carbocycles. The first-order valence-electron chi connectivity index (χ1n) is 9.81. The van der Waals surface area contributed by atoms with Crippen molar-refractivity contribution in [3.63, 3.8) is 0 Å². The molecule has 0 N–H and O–H groups in total. The van der Waals surface area contributed by atoms with Gasteiger partial charge in [0.05, 0.1) is 13.1 Å². The number of ether oxygens (including phenoxy) is 2. The van der Waals surface area contributed by atoms with Gasteiger partial charge < -0.3 is 18.8 Å². The van der Waals surface area contributed by atoms with Gasteiger partial charge in [0, 0.05) is 22.2 Å². The first-order valence-corrected chi connectivity index (χ1v) is 10.7. The van der Waals surface area contributed by atoms with Gasteiger partial charge in [-0.1, -0.05) is 23.8 Å². The van der Waals surface area contributed by atoms with E-state index in [2.05, 4.69) is 32.6 Å². The second-order valence-electron chi connectivity index (χ2n) is 7.13. The topological polar surface area (TPSA) is 60.6 Å². The van der Waals surface area contributed by atoms with Crippen LogP contribution in [0.3, 0.4) is 0 Å². The van der Waals surface area contributed by atoms with Crippen LogP contribution in [0.5, 0.6) is 11.5 Å². The summed E-state index contributed by atoms with van der Waals surface area (Å²) in [7, 11) is 0. The third-order valence-electron chi connectivity index (χ3n) is 4.88. The number of fused-ring (bicyclic) bond motifs is 1. The fourth-order valence-electron chi connectivity index (χ4n) is 3.43. The van der Waals surface area contributed by atoms with Crippen LogP contribution in [0.1, 0.15) is 16.3 Å². The van der Waals surface area contributed by atoms with E-state index in [-0.39, 0.29) is 0 Å². The number of hydrogen-bond acceptors (Lipinski definition) is 7. The molecule has 30 heavy (non-hydrogen) atoms. The summed E-state index contributed by atoms with van der Waals surface area (Å²) in [5.41, 5.74) is 3.10. The number of rotatable bonds is 6. The summed E-state index contributed by atoms with van der Waals surface area (Å²) in [6, 6.07) is 18.3. The minimum atomic E-state index is 0.496. The van der Waals surface area contributed by atoms with Crippen LogP contribution in [0.15, 0.2) is 64.4 Å². The van der Waals surface area contributed by atoms with Crippen LogP contribution in [-0.4, -0.2) is 23.4 Å². The van der Waals surface area contributed by atoms with Crippen LogP contribution >= 0.6 is 11.3 Å². The molecular formula is C23H21N3O3S. The summed E-state index contributed by atoms with van der Waals surface area (Å²) in [4.78, 5) is 3.46. The second-order valence-corrected chi connectivity index (χ2v) is 8.17. The zero-order valence-corrected chi connectivity index (χ0v) is 17.4. The number of anilines is 1. The van der Waals surface area contributed by atoms with E-state index in [0.29, 0.717) is 31.5 Å². The summed E-state index contributed by atoms with van der Waals surface area (Å²) < 4.78 is 17.4. The van der Waals surface area contributed by atoms with Gasteiger partial charge >= 0.3 is 0 Å². The van der Waals surface area contributed by atoms with Gasteiger partial charge in [-0.2, -0.15) is 0 Å². The lowest BCUT2D eigenvalue weighted by Gasteiger charge is -2.25. The number of nitrogens with zero attached hydrogens (tertiary/aromatic N) is 3. The molecule has 6 nitrogen and oxygen atoms in total. The van der Waals surface area contributed by atoms with Crippen molar-refractivity contribution in [1.29, 1.82) is 0 Å². The Morgan fingerprint density at radius 3 is 2.67 bits per heavy atom.